The molecule has 0 radical (unpaired) electrons. The summed E-state index contributed by atoms with van der Waals surface area (Å²) < 4.78 is 0. The van der Waals surface area contributed by atoms with Gasteiger partial charge in [-0.05, 0) is 13.3 Å². The zero-order valence-corrected chi connectivity index (χ0v) is 6.55. The van der Waals surface area contributed by atoms with Gasteiger partial charge in [0.25, 0.3) is 0 Å². The number of amides is 3. The predicted octanol–water partition coefficient (Wildman–Crippen LogP) is 0.723. The second-order valence-electron chi connectivity index (χ2n) is 2.51. The van der Waals surface area contributed by atoms with Gasteiger partial charge in [0.05, 0.1) is 5.92 Å². The summed E-state index contributed by atoms with van der Waals surface area (Å²) in [6.45, 7) is 3.59. The summed E-state index contributed by atoms with van der Waals surface area (Å²) in [4.78, 5) is 25.3. The van der Waals surface area contributed by atoms with Crippen LogP contribution in [0.1, 0.15) is 20.3 Å². The lowest BCUT2D eigenvalue weighted by molar-refractivity contribution is -0.122. The average molecular weight is 154 g/mol. The molecule has 0 aromatic carbocycles. The molecule has 4 heteroatoms. The Kier molecular flexibility index (Phi) is 2.03. The van der Waals surface area contributed by atoms with Gasteiger partial charge in [-0.3, -0.25) is 10.1 Å². The molecule has 4 nitrogen and oxygen atoms in total. The number of hydrogen-bond acceptors (Lipinski definition) is 2. The Hall–Kier alpha value is -1.19. The van der Waals surface area contributed by atoms with Crippen molar-refractivity contribution in [1.82, 2.24) is 5.32 Å². The Bertz CT molecular complexity index is 233. The second kappa shape index (κ2) is 2.82. The topological polar surface area (TPSA) is 58.5 Å². The van der Waals surface area contributed by atoms with Crippen molar-refractivity contribution in [3.05, 3.63) is 0 Å². The van der Waals surface area contributed by atoms with Gasteiger partial charge in [-0.2, -0.15) is 0 Å². The molecule has 0 spiro atoms. The van der Waals surface area contributed by atoms with Gasteiger partial charge in [-0.25, -0.2) is 9.79 Å². The molecule has 1 aliphatic heterocycles. The van der Waals surface area contributed by atoms with E-state index in [0.717, 1.165) is 0 Å². The Labute approximate surface area is 64.7 Å². The van der Waals surface area contributed by atoms with Gasteiger partial charge >= 0.3 is 6.03 Å². The number of carbonyl (C=O) groups excluding carboxylic acids is 2. The van der Waals surface area contributed by atoms with Crippen LogP contribution in [0, 0.1) is 5.92 Å². The quantitative estimate of drug-likeness (QED) is 0.605. The number of aliphatic imine (C=N–C) groups is 1. The predicted molar refractivity (Wildman–Crippen MR) is 40.4 cm³/mol. The Morgan fingerprint density at radius 2 is 2.18 bits per heavy atom. The minimum absolute atomic E-state index is 0.215. The fraction of sp³-hybridized carbons (Fsp3) is 0.571. The summed E-state index contributed by atoms with van der Waals surface area (Å²) in [5.41, 5.74) is 0.612. The van der Waals surface area contributed by atoms with Crippen molar-refractivity contribution in [3.63, 3.8) is 0 Å². The van der Waals surface area contributed by atoms with Crippen molar-refractivity contribution in [1.29, 1.82) is 0 Å². The first-order chi connectivity index (χ1) is 5.15. The number of rotatable bonds is 1. The lowest BCUT2D eigenvalue weighted by Gasteiger charge is -2.17. The maximum absolute atomic E-state index is 11.0. The minimum atomic E-state index is -0.544. The average Bonchev–Trinajstić information content (AvgIpc) is 1.85. The SMILES string of the molecule is CCC1C(=O)NC(=O)N=C1C. The van der Waals surface area contributed by atoms with Crippen molar-refractivity contribution in [2.45, 2.75) is 20.3 Å². The standard InChI is InChI=1S/C7H10N2O2/c1-3-5-4(2)8-7(11)9-6(5)10/h5H,3H2,1-2H3,(H,9,10,11). The number of imide groups is 1. The van der Waals surface area contributed by atoms with Crippen LogP contribution in [0.2, 0.25) is 0 Å². The van der Waals surface area contributed by atoms with Crippen LogP contribution in [0.15, 0.2) is 4.99 Å². The zero-order valence-electron chi connectivity index (χ0n) is 6.55. The highest BCUT2D eigenvalue weighted by Crippen LogP contribution is 2.09. The largest absolute Gasteiger partial charge is 0.347 e. The lowest BCUT2D eigenvalue weighted by Crippen LogP contribution is -2.41. The maximum Gasteiger partial charge on any atom is 0.347 e. The lowest BCUT2D eigenvalue weighted by atomic mass is 9.99. The first-order valence-corrected chi connectivity index (χ1v) is 3.55. The third kappa shape index (κ3) is 1.45. The number of nitrogens with zero attached hydrogens (tertiary/aromatic N) is 1. The first kappa shape index (κ1) is 7.91. The van der Waals surface area contributed by atoms with E-state index in [2.05, 4.69) is 10.3 Å². The summed E-state index contributed by atoms with van der Waals surface area (Å²) in [5, 5.41) is 2.15. The van der Waals surface area contributed by atoms with Crippen molar-refractivity contribution in [3.8, 4) is 0 Å². The minimum Gasteiger partial charge on any atom is -0.276 e. The Morgan fingerprint density at radius 3 is 2.64 bits per heavy atom. The van der Waals surface area contributed by atoms with Crippen LogP contribution < -0.4 is 5.32 Å². The van der Waals surface area contributed by atoms with Gasteiger partial charge in [-0.1, -0.05) is 6.92 Å². The molecule has 1 atom stereocenters. The molecule has 1 unspecified atom stereocenters. The van der Waals surface area contributed by atoms with Gasteiger partial charge in [-0.15, -0.1) is 0 Å². The third-order valence-corrected chi connectivity index (χ3v) is 1.74. The molecule has 11 heavy (non-hydrogen) atoms. The summed E-state index contributed by atoms with van der Waals surface area (Å²) in [6, 6.07) is -0.544. The molecule has 0 aromatic rings. The second-order valence-corrected chi connectivity index (χ2v) is 2.51. The molecule has 1 heterocycles. The van der Waals surface area contributed by atoms with Gasteiger partial charge in [0.2, 0.25) is 5.91 Å². The number of urea groups is 1. The van der Waals surface area contributed by atoms with Crippen LogP contribution in [0.4, 0.5) is 4.79 Å². The van der Waals surface area contributed by atoms with E-state index in [1.54, 1.807) is 6.92 Å². The van der Waals surface area contributed by atoms with Crippen molar-refractivity contribution >= 4 is 17.6 Å². The van der Waals surface area contributed by atoms with Crippen LogP contribution in [0.25, 0.3) is 0 Å². The van der Waals surface area contributed by atoms with E-state index in [1.807, 2.05) is 6.92 Å². The fourth-order valence-electron chi connectivity index (χ4n) is 1.13. The summed E-state index contributed by atoms with van der Waals surface area (Å²) >= 11 is 0. The van der Waals surface area contributed by atoms with E-state index in [1.165, 1.54) is 0 Å². The Balaban J connectivity index is 2.88. The third-order valence-electron chi connectivity index (χ3n) is 1.74. The molecule has 3 amide bonds. The molecule has 0 aromatic heterocycles. The number of carbonyl (C=O) groups is 2. The molecule has 1 N–H and O–H groups in total. The Morgan fingerprint density at radius 1 is 1.55 bits per heavy atom. The summed E-state index contributed by atoms with van der Waals surface area (Å²) in [7, 11) is 0. The van der Waals surface area contributed by atoms with Crippen LogP contribution >= 0.6 is 0 Å². The molecule has 0 aliphatic carbocycles. The van der Waals surface area contributed by atoms with E-state index in [4.69, 9.17) is 0 Å². The number of nitrogens with one attached hydrogen (secondary N) is 1. The van der Waals surface area contributed by atoms with Gasteiger partial charge in [0.15, 0.2) is 0 Å². The van der Waals surface area contributed by atoms with Crippen molar-refractivity contribution < 1.29 is 9.59 Å². The van der Waals surface area contributed by atoms with Crippen LogP contribution in [0.5, 0.6) is 0 Å². The van der Waals surface area contributed by atoms with E-state index >= 15 is 0 Å². The first-order valence-electron chi connectivity index (χ1n) is 3.55. The maximum atomic E-state index is 11.0. The smallest absolute Gasteiger partial charge is 0.276 e. The summed E-state index contributed by atoms with van der Waals surface area (Å²) in [6.07, 6.45) is 0.689. The van der Waals surface area contributed by atoms with E-state index in [-0.39, 0.29) is 11.8 Å². The summed E-state index contributed by atoms with van der Waals surface area (Å²) in [5.74, 6) is -0.447. The molecule has 1 rings (SSSR count). The molecule has 0 saturated heterocycles. The van der Waals surface area contributed by atoms with Gasteiger partial charge < -0.3 is 0 Å². The van der Waals surface area contributed by atoms with Crippen molar-refractivity contribution in [2.24, 2.45) is 10.9 Å². The highest BCUT2D eigenvalue weighted by Gasteiger charge is 2.25. The monoisotopic (exact) mass is 154 g/mol. The molecule has 1 aliphatic rings. The fourth-order valence-corrected chi connectivity index (χ4v) is 1.13. The van der Waals surface area contributed by atoms with Crippen LogP contribution in [0.3, 0.4) is 0 Å². The molecular weight excluding hydrogens is 144 g/mol. The number of hydrogen-bond donors (Lipinski definition) is 1. The normalized spacial score (nSPS) is 24.5. The van der Waals surface area contributed by atoms with E-state index in [0.29, 0.717) is 12.1 Å². The zero-order chi connectivity index (χ0) is 8.43. The van der Waals surface area contributed by atoms with Crippen molar-refractivity contribution in [2.75, 3.05) is 0 Å². The highest BCUT2D eigenvalue weighted by molar-refractivity contribution is 6.15. The van der Waals surface area contributed by atoms with Gasteiger partial charge in [0, 0.05) is 5.71 Å². The van der Waals surface area contributed by atoms with Crippen LogP contribution in [-0.4, -0.2) is 17.6 Å². The molecule has 0 saturated carbocycles. The molecular formula is C7H10N2O2. The molecule has 0 bridgehead atoms. The van der Waals surface area contributed by atoms with Crippen LogP contribution in [-0.2, 0) is 4.79 Å². The highest BCUT2D eigenvalue weighted by atomic mass is 16.2. The molecule has 0 fully saturated rings. The molecule has 60 valence electrons. The van der Waals surface area contributed by atoms with E-state index in [9.17, 15) is 9.59 Å². The van der Waals surface area contributed by atoms with E-state index < -0.39 is 6.03 Å². The van der Waals surface area contributed by atoms with Gasteiger partial charge in [0.1, 0.15) is 0 Å².